The summed E-state index contributed by atoms with van der Waals surface area (Å²) >= 11 is 0. The molecule has 2 N–H and O–H groups in total. The van der Waals surface area contributed by atoms with Gasteiger partial charge in [0.05, 0.1) is 12.6 Å². The van der Waals surface area contributed by atoms with Crippen LogP contribution in [-0.4, -0.2) is 17.8 Å². The van der Waals surface area contributed by atoms with Gasteiger partial charge in [0.2, 0.25) is 0 Å². The SMILES string of the molecule is Cc1cc(C)cc(C(CO)NC(C)C)c1. The molecule has 1 aromatic rings. The van der Waals surface area contributed by atoms with E-state index in [0.717, 1.165) is 0 Å². The van der Waals surface area contributed by atoms with E-state index >= 15 is 0 Å². The minimum Gasteiger partial charge on any atom is -0.394 e. The summed E-state index contributed by atoms with van der Waals surface area (Å²) in [6, 6.07) is 6.83. The fourth-order valence-electron chi connectivity index (χ4n) is 1.87. The van der Waals surface area contributed by atoms with Gasteiger partial charge in [0.1, 0.15) is 0 Å². The number of benzene rings is 1. The minimum atomic E-state index is 0.0450. The summed E-state index contributed by atoms with van der Waals surface area (Å²) in [6.45, 7) is 8.48. The van der Waals surface area contributed by atoms with E-state index in [4.69, 9.17) is 0 Å². The summed E-state index contributed by atoms with van der Waals surface area (Å²) in [6.07, 6.45) is 0. The highest BCUT2D eigenvalue weighted by Gasteiger charge is 2.11. The molecule has 1 aromatic carbocycles. The van der Waals surface area contributed by atoms with Crippen LogP contribution in [0.2, 0.25) is 0 Å². The van der Waals surface area contributed by atoms with Crippen LogP contribution in [0.1, 0.15) is 36.6 Å². The zero-order valence-electron chi connectivity index (χ0n) is 10.0. The summed E-state index contributed by atoms with van der Waals surface area (Å²) in [4.78, 5) is 0. The number of aryl methyl sites for hydroxylation is 2. The van der Waals surface area contributed by atoms with Gasteiger partial charge >= 0.3 is 0 Å². The lowest BCUT2D eigenvalue weighted by Crippen LogP contribution is -2.30. The first-order chi connectivity index (χ1) is 7.02. The highest BCUT2D eigenvalue weighted by molar-refractivity contribution is 5.30. The fraction of sp³-hybridized carbons (Fsp3) is 0.538. The molecule has 0 aromatic heterocycles. The summed E-state index contributed by atoms with van der Waals surface area (Å²) < 4.78 is 0. The molecule has 0 aliphatic carbocycles. The van der Waals surface area contributed by atoms with Gasteiger partial charge in [-0.1, -0.05) is 43.2 Å². The molecule has 84 valence electrons. The second-order valence-corrected chi connectivity index (χ2v) is 4.48. The van der Waals surface area contributed by atoms with Gasteiger partial charge in [0.15, 0.2) is 0 Å². The average Bonchev–Trinajstić information content (AvgIpc) is 2.12. The number of aliphatic hydroxyl groups is 1. The largest absolute Gasteiger partial charge is 0.394 e. The van der Waals surface area contributed by atoms with Crippen LogP contribution in [0.3, 0.4) is 0 Å². The van der Waals surface area contributed by atoms with Gasteiger partial charge in [-0.25, -0.2) is 0 Å². The van der Waals surface area contributed by atoms with E-state index in [1.807, 2.05) is 0 Å². The van der Waals surface area contributed by atoms with E-state index in [-0.39, 0.29) is 12.6 Å². The maximum Gasteiger partial charge on any atom is 0.0626 e. The third-order valence-corrected chi connectivity index (χ3v) is 2.36. The van der Waals surface area contributed by atoms with Crippen LogP contribution in [0.15, 0.2) is 18.2 Å². The Morgan fingerprint density at radius 2 is 1.67 bits per heavy atom. The number of hydrogen-bond acceptors (Lipinski definition) is 2. The summed E-state index contributed by atoms with van der Waals surface area (Å²) in [5.41, 5.74) is 3.66. The Hall–Kier alpha value is -0.860. The lowest BCUT2D eigenvalue weighted by Gasteiger charge is -2.20. The lowest BCUT2D eigenvalue weighted by molar-refractivity contribution is 0.237. The van der Waals surface area contributed by atoms with Crippen LogP contribution in [0.25, 0.3) is 0 Å². The highest BCUT2D eigenvalue weighted by Crippen LogP contribution is 2.17. The van der Waals surface area contributed by atoms with Crippen LogP contribution < -0.4 is 5.32 Å². The third-order valence-electron chi connectivity index (χ3n) is 2.36. The number of hydrogen-bond donors (Lipinski definition) is 2. The van der Waals surface area contributed by atoms with Crippen molar-refractivity contribution in [2.75, 3.05) is 6.61 Å². The number of nitrogens with one attached hydrogen (secondary N) is 1. The van der Waals surface area contributed by atoms with Gasteiger partial charge in [-0.05, 0) is 19.4 Å². The molecule has 0 fully saturated rings. The topological polar surface area (TPSA) is 32.3 Å². The van der Waals surface area contributed by atoms with Gasteiger partial charge in [-0.15, -0.1) is 0 Å². The van der Waals surface area contributed by atoms with Crippen molar-refractivity contribution in [3.63, 3.8) is 0 Å². The van der Waals surface area contributed by atoms with E-state index in [1.54, 1.807) is 0 Å². The lowest BCUT2D eigenvalue weighted by atomic mass is 10.0. The number of aliphatic hydroxyl groups excluding tert-OH is 1. The van der Waals surface area contributed by atoms with E-state index < -0.39 is 0 Å². The second kappa shape index (κ2) is 5.29. The molecule has 0 spiro atoms. The molecule has 0 aliphatic rings. The molecule has 0 bridgehead atoms. The predicted molar refractivity (Wildman–Crippen MR) is 64.0 cm³/mol. The zero-order valence-corrected chi connectivity index (χ0v) is 10.0. The summed E-state index contributed by atoms with van der Waals surface area (Å²) in [7, 11) is 0. The van der Waals surface area contributed by atoms with Gasteiger partial charge in [0, 0.05) is 6.04 Å². The van der Waals surface area contributed by atoms with Gasteiger partial charge in [0.25, 0.3) is 0 Å². The van der Waals surface area contributed by atoms with Gasteiger partial charge in [-0.2, -0.15) is 0 Å². The van der Waals surface area contributed by atoms with Crippen molar-refractivity contribution in [2.24, 2.45) is 0 Å². The van der Waals surface area contributed by atoms with Crippen molar-refractivity contribution in [3.8, 4) is 0 Å². The van der Waals surface area contributed by atoms with Crippen LogP contribution >= 0.6 is 0 Å². The fourth-order valence-corrected chi connectivity index (χ4v) is 1.87. The molecule has 0 saturated carbocycles. The van der Waals surface area contributed by atoms with Crippen molar-refractivity contribution >= 4 is 0 Å². The van der Waals surface area contributed by atoms with Crippen molar-refractivity contribution in [3.05, 3.63) is 34.9 Å². The molecular formula is C13H21NO. The maximum absolute atomic E-state index is 9.35. The smallest absolute Gasteiger partial charge is 0.0626 e. The molecule has 2 nitrogen and oxygen atoms in total. The van der Waals surface area contributed by atoms with Crippen LogP contribution in [0.4, 0.5) is 0 Å². The third kappa shape index (κ3) is 3.65. The molecule has 2 heteroatoms. The first-order valence-corrected chi connectivity index (χ1v) is 5.48. The maximum atomic E-state index is 9.35. The molecule has 1 rings (SSSR count). The monoisotopic (exact) mass is 207 g/mol. The van der Waals surface area contributed by atoms with Gasteiger partial charge in [-0.3, -0.25) is 0 Å². The molecule has 1 unspecified atom stereocenters. The van der Waals surface area contributed by atoms with Crippen LogP contribution in [-0.2, 0) is 0 Å². The van der Waals surface area contributed by atoms with Crippen molar-refractivity contribution in [1.29, 1.82) is 0 Å². The van der Waals surface area contributed by atoms with Crippen molar-refractivity contribution < 1.29 is 5.11 Å². The normalized spacial score (nSPS) is 13.2. The number of rotatable bonds is 4. The molecule has 0 amide bonds. The van der Waals surface area contributed by atoms with Crippen molar-refractivity contribution in [2.45, 2.75) is 39.8 Å². The average molecular weight is 207 g/mol. The van der Waals surface area contributed by atoms with E-state index in [2.05, 4.69) is 51.2 Å². The zero-order chi connectivity index (χ0) is 11.4. The van der Waals surface area contributed by atoms with Crippen molar-refractivity contribution in [1.82, 2.24) is 5.32 Å². The molecule has 0 aliphatic heterocycles. The highest BCUT2D eigenvalue weighted by atomic mass is 16.3. The molecule has 1 atom stereocenters. The van der Waals surface area contributed by atoms with Crippen LogP contribution in [0, 0.1) is 13.8 Å². The Balaban J connectivity index is 2.91. The Morgan fingerprint density at radius 3 is 2.07 bits per heavy atom. The Morgan fingerprint density at radius 1 is 1.13 bits per heavy atom. The minimum absolute atomic E-state index is 0.0450. The Kier molecular flexibility index (Phi) is 4.30. The van der Waals surface area contributed by atoms with E-state index in [1.165, 1.54) is 16.7 Å². The second-order valence-electron chi connectivity index (χ2n) is 4.48. The van der Waals surface area contributed by atoms with Gasteiger partial charge < -0.3 is 10.4 Å². The van der Waals surface area contributed by atoms with Crippen LogP contribution in [0.5, 0.6) is 0 Å². The quantitative estimate of drug-likeness (QED) is 0.794. The standard InChI is InChI=1S/C13H21NO/c1-9(2)14-13(8-15)12-6-10(3)5-11(4)7-12/h5-7,9,13-15H,8H2,1-4H3. The summed E-state index contributed by atoms with van der Waals surface area (Å²) in [5.74, 6) is 0. The molecule has 0 saturated heterocycles. The van der Waals surface area contributed by atoms with E-state index in [0.29, 0.717) is 6.04 Å². The van der Waals surface area contributed by atoms with E-state index in [9.17, 15) is 5.11 Å². The molecule has 0 heterocycles. The predicted octanol–water partition coefficient (Wildman–Crippen LogP) is 2.33. The Labute approximate surface area is 92.3 Å². The Bertz CT molecular complexity index is 300. The molecule has 0 radical (unpaired) electrons. The summed E-state index contributed by atoms with van der Waals surface area (Å²) in [5, 5.41) is 12.7. The molecular weight excluding hydrogens is 186 g/mol. The first-order valence-electron chi connectivity index (χ1n) is 5.48. The first kappa shape index (κ1) is 12.2. The molecule has 15 heavy (non-hydrogen) atoms.